The zero-order valence-electron chi connectivity index (χ0n) is 12.0. The van der Waals surface area contributed by atoms with Crippen molar-refractivity contribution in [2.24, 2.45) is 0 Å². The highest BCUT2D eigenvalue weighted by atomic mass is 16.5. The number of hydrogen-bond acceptors (Lipinski definition) is 5. The summed E-state index contributed by atoms with van der Waals surface area (Å²) in [6.07, 6.45) is 26.0. The van der Waals surface area contributed by atoms with E-state index in [4.69, 9.17) is 10.00 Å². The lowest BCUT2D eigenvalue weighted by Crippen LogP contribution is -2.07. The lowest BCUT2D eigenvalue weighted by atomic mass is 10.4. The van der Waals surface area contributed by atoms with Gasteiger partial charge in [-0.2, -0.15) is 5.26 Å². The monoisotopic (exact) mass is 294 g/mol. The molecule has 0 aromatic carbocycles. The molecule has 0 saturated heterocycles. The van der Waals surface area contributed by atoms with E-state index in [1.165, 1.54) is 0 Å². The predicted octanol–water partition coefficient (Wildman–Crippen LogP) is 2.79. The van der Waals surface area contributed by atoms with Gasteiger partial charge in [-0.3, -0.25) is 0 Å². The molecule has 0 saturated carbocycles. The molecule has 0 bridgehead atoms. The Labute approximate surface area is 130 Å². The van der Waals surface area contributed by atoms with E-state index in [1.54, 1.807) is 61.8 Å². The summed E-state index contributed by atoms with van der Waals surface area (Å²) in [5, 5.41) is 17.6. The minimum Gasteiger partial charge on any atom is -0.473 e. The van der Waals surface area contributed by atoms with Crippen LogP contribution in [0.1, 0.15) is 0 Å². The molecule has 3 N–H and O–H groups in total. The van der Waals surface area contributed by atoms with Gasteiger partial charge in [-0.1, -0.05) is 24.3 Å². The van der Waals surface area contributed by atoms with Crippen molar-refractivity contribution in [3.8, 4) is 6.07 Å². The maximum atomic E-state index is 8.94. The lowest BCUT2D eigenvalue weighted by Gasteiger charge is -1.97. The van der Waals surface area contributed by atoms with Gasteiger partial charge in [0.2, 0.25) is 0 Å². The summed E-state index contributed by atoms with van der Waals surface area (Å²) in [7, 11) is 0. The van der Waals surface area contributed by atoms with E-state index in [9.17, 15) is 0 Å². The van der Waals surface area contributed by atoms with Gasteiger partial charge < -0.3 is 20.7 Å². The number of nitrogens with one attached hydrogen (secondary N) is 3. The van der Waals surface area contributed by atoms with Gasteiger partial charge in [-0.05, 0) is 24.3 Å². The first-order chi connectivity index (χ1) is 10.9. The van der Waals surface area contributed by atoms with Crippen molar-refractivity contribution >= 4 is 0 Å². The van der Waals surface area contributed by atoms with Crippen LogP contribution in [-0.4, -0.2) is 0 Å². The third kappa shape index (κ3) is 9.53. The van der Waals surface area contributed by atoms with E-state index in [2.05, 4.69) is 16.0 Å². The van der Waals surface area contributed by atoms with Crippen LogP contribution >= 0.6 is 0 Å². The average Bonchev–Trinajstić information content (AvgIpc) is 2.54. The van der Waals surface area contributed by atoms with Gasteiger partial charge in [-0.25, -0.2) is 0 Å². The van der Waals surface area contributed by atoms with E-state index in [0.717, 1.165) is 0 Å². The minimum absolute atomic E-state index is 0.395. The largest absolute Gasteiger partial charge is 0.473 e. The normalized spacial score (nSPS) is 15.7. The Morgan fingerprint density at radius 1 is 0.727 bits per heavy atom. The number of hydrogen-bond donors (Lipinski definition) is 3. The molecule has 5 nitrogen and oxygen atoms in total. The van der Waals surface area contributed by atoms with Crippen LogP contribution in [0.4, 0.5) is 0 Å². The summed E-state index contributed by atoms with van der Waals surface area (Å²) in [6.45, 7) is 0. The number of ether oxygens (including phenoxy) is 1. The fraction of sp³-hybridized carbons (Fsp3) is 0. The molecule has 0 fully saturated rings. The molecule has 0 aromatic rings. The first-order valence-electron chi connectivity index (χ1n) is 6.59. The summed E-state index contributed by atoms with van der Waals surface area (Å²) in [6, 6.07) is 2.03. The Kier molecular flexibility index (Phi) is 9.57. The smallest absolute Gasteiger partial charge is 0.133 e. The van der Waals surface area contributed by atoms with Crippen molar-refractivity contribution in [1.29, 1.82) is 5.26 Å². The predicted molar refractivity (Wildman–Crippen MR) is 88.2 cm³/mol. The first kappa shape index (κ1) is 16.7. The summed E-state index contributed by atoms with van der Waals surface area (Å²) < 4.78 is 5.14. The van der Waals surface area contributed by atoms with Crippen LogP contribution in [0.5, 0.6) is 0 Å². The Balaban J connectivity index is 2.67. The molecule has 22 heavy (non-hydrogen) atoms. The van der Waals surface area contributed by atoms with E-state index in [0.29, 0.717) is 5.70 Å². The van der Waals surface area contributed by atoms with Gasteiger partial charge >= 0.3 is 0 Å². The molecule has 0 aromatic heterocycles. The molecule has 0 spiro atoms. The average molecular weight is 294 g/mol. The van der Waals surface area contributed by atoms with E-state index >= 15 is 0 Å². The molecule has 1 heterocycles. The van der Waals surface area contributed by atoms with Crippen molar-refractivity contribution in [3.63, 3.8) is 0 Å². The fourth-order valence-electron chi connectivity index (χ4n) is 1.18. The zero-order chi connectivity index (χ0) is 15.7. The van der Waals surface area contributed by atoms with Crippen molar-refractivity contribution in [3.05, 3.63) is 97.8 Å². The highest BCUT2D eigenvalue weighted by Crippen LogP contribution is 1.87. The molecule has 112 valence electrons. The molecular formula is C17H18N4O. The highest BCUT2D eigenvalue weighted by molar-refractivity contribution is 5.21. The van der Waals surface area contributed by atoms with Gasteiger partial charge in [0.05, 0.1) is 12.5 Å². The second kappa shape index (κ2) is 12.6. The van der Waals surface area contributed by atoms with Crippen LogP contribution in [0.15, 0.2) is 97.8 Å². The van der Waals surface area contributed by atoms with Gasteiger partial charge in [0, 0.05) is 31.0 Å². The molecule has 1 rings (SSSR count). The molecule has 0 amide bonds. The second-order valence-electron chi connectivity index (χ2n) is 3.76. The van der Waals surface area contributed by atoms with Crippen LogP contribution < -0.4 is 16.0 Å². The number of nitriles is 1. The van der Waals surface area contributed by atoms with Crippen molar-refractivity contribution < 1.29 is 4.74 Å². The Bertz CT molecular complexity index is 584. The van der Waals surface area contributed by atoms with Crippen LogP contribution in [-0.2, 0) is 4.74 Å². The van der Waals surface area contributed by atoms with Gasteiger partial charge in [-0.15, -0.1) is 0 Å². The third-order valence-corrected chi connectivity index (χ3v) is 2.13. The molecule has 0 unspecified atom stereocenters. The zero-order valence-corrected chi connectivity index (χ0v) is 12.0. The van der Waals surface area contributed by atoms with Crippen LogP contribution in [0.3, 0.4) is 0 Å². The molecule has 5 heteroatoms. The van der Waals surface area contributed by atoms with Crippen molar-refractivity contribution in [1.82, 2.24) is 16.0 Å². The lowest BCUT2D eigenvalue weighted by molar-refractivity contribution is 0.403. The summed E-state index contributed by atoms with van der Waals surface area (Å²) in [4.78, 5) is 0. The topological polar surface area (TPSA) is 69.1 Å². The van der Waals surface area contributed by atoms with E-state index in [-0.39, 0.29) is 0 Å². The molecule has 0 aliphatic carbocycles. The minimum atomic E-state index is 0.395. The van der Waals surface area contributed by atoms with Crippen molar-refractivity contribution in [2.45, 2.75) is 0 Å². The van der Waals surface area contributed by atoms with E-state index in [1.807, 2.05) is 36.4 Å². The standard InChI is InChI=1S/C17H18N4O/c18-15-17-16-20-12-11-19-9-5-1-3-7-13-22-14-8-4-2-6-10-21-17/h1-14,16,19-21H. The fourth-order valence-corrected chi connectivity index (χ4v) is 1.18. The van der Waals surface area contributed by atoms with Crippen LogP contribution in [0, 0.1) is 11.3 Å². The number of allylic oxidation sites excluding steroid dienone is 9. The molecule has 0 atom stereocenters. The van der Waals surface area contributed by atoms with Gasteiger partial charge in [0.1, 0.15) is 11.8 Å². The van der Waals surface area contributed by atoms with E-state index < -0.39 is 0 Å². The number of nitrogens with zero attached hydrogens (tertiary/aromatic N) is 1. The SMILES string of the molecule is N#CC1=CNC=CNC=CC=CC=COC=CC=CC=CN1. The van der Waals surface area contributed by atoms with Crippen molar-refractivity contribution in [2.75, 3.05) is 0 Å². The van der Waals surface area contributed by atoms with Gasteiger partial charge in [0.15, 0.2) is 0 Å². The number of rotatable bonds is 0. The maximum absolute atomic E-state index is 8.94. The molecular weight excluding hydrogens is 276 g/mol. The summed E-state index contributed by atoms with van der Waals surface area (Å²) in [5.41, 5.74) is 0.395. The maximum Gasteiger partial charge on any atom is 0.133 e. The molecule has 0 radical (unpaired) electrons. The quantitative estimate of drug-likeness (QED) is 0.641. The Hall–Kier alpha value is -3.39. The second-order valence-corrected chi connectivity index (χ2v) is 3.76. The molecule has 1 aliphatic rings. The highest BCUT2D eigenvalue weighted by Gasteiger charge is 1.86. The third-order valence-electron chi connectivity index (χ3n) is 2.13. The summed E-state index contributed by atoms with van der Waals surface area (Å²) in [5.74, 6) is 0. The van der Waals surface area contributed by atoms with Crippen LogP contribution in [0.25, 0.3) is 0 Å². The summed E-state index contributed by atoms with van der Waals surface area (Å²) >= 11 is 0. The van der Waals surface area contributed by atoms with Gasteiger partial charge in [0.25, 0.3) is 0 Å². The Morgan fingerprint density at radius 2 is 1.36 bits per heavy atom. The first-order valence-corrected chi connectivity index (χ1v) is 6.59. The Morgan fingerprint density at radius 3 is 2.09 bits per heavy atom. The molecule has 1 aliphatic heterocycles. The van der Waals surface area contributed by atoms with Crippen LogP contribution in [0.2, 0.25) is 0 Å².